The molecule has 0 bridgehead atoms. The molecule has 5 nitrogen and oxygen atoms in total. The van der Waals surface area contributed by atoms with E-state index in [0.717, 1.165) is 0 Å². The highest BCUT2D eigenvalue weighted by Crippen LogP contribution is 2.26. The Labute approximate surface area is 124 Å². The van der Waals surface area contributed by atoms with E-state index in [9.17, 15) is 9.59 Å². The van der Waals surface area contributed by atoms with Crippen LogP contribution in [0.25, 0.3) is 0 Å². The van der Waals surface area contributed by atoms with E-state index in [2.05, 4.69) is 10.6 Å². The summed E-state index contributed by atoms with van der Waals surface area (Å²) in [5, 5.41) is 7.50. The third kappa shape index (κ3) is 3.57. The second kappa shape index (κ2) is 6.51. The molecule has 0 saturated heterocycles. The summed E-state index contributed by atoms with van der Waals surface area (Å²) in [6, 6.07) is 8.37. The quantitative estimate of drug-likeness (QED) is 0.811. The molecule has 2 rings (SSSR count). The van der Waals surface area contributed by atoms with Crippen LogP contribution in [0.5, 0.6) is 0 Å². The zero-order valence-electron chi connectivity index (χ0n) is 10.4. The molecule has 4 N–H and O–H groups in total. The first kappa shape index (κ1) is 14.5. The Morgan fingerprint density at radius 2 is 2.05 bits per heavy atom. The van der Waals surface area contributed by atoms with Gasteiger partial charge in [0.1, 0.15) is 0 Å². The lowest BCUT2D eigenvalue weighted by Crippen LogP contribution is -2.22. The molecular weight excluding hydrogens is 298 g/mol. The molecule has 0 aliphatic heterocycles. The standard InChI is InChI=1S/C13H12ClN3O2S/c14-9-4-3-8(6-10(9)17-12(18)7-15)16-13(19)11-2-1-5-20-11/h1-6H,7,15H2,(H,16,19)(H,17,18). The van der Waals surface area contributed by atoms with Crippen LogP contribution in [0, 0.1) is 0 Å². The van der Waals surface area contributed by atoms with Crippen molar-refractivity contribution in [2.45, 2.75) is 0 Å². The van der Waals surface area contributed by atoms with E-state index in [1.807, 2.05) is 5.38 Å². The number of thiophene rings is 1. The minimum absolute atomic E-state index is 0.137. The number of nitrogens with one attached hydrogen (secondary N) is 2. The Bertz CT molecular complexity index is 629. The van der Waals surface area contributed by atoms with E-state index in [4.69, 9.17) is 17.3 Å². The highest BCUT2D eigenvalue weighted by Gasteiger charge is 2.09. The van der Waals surface area contributed by atoms with Crippen LogP contribution in [0.4, 0.5) is 11.4 Å². The fourth-order valence-electron chi connectivity index (χ4n) is 1.50. The highest BCUT2D eigenvalue weighted by molar-refractivity contribution is 7.12. The summed E-state index contributed by atoms with van der Waals surface area (Å²) in [5.74, 6) is -0.563. The molecule has 0 radical (unpaired) electrons. The van der Waals surface area contributed by atoms with Gasteiger partial charge in [-0.3, -0.25) is 9.59 Å². The van der Waals surface area contributed by atoms with Gasteiger partial charge in [-0.25, -0.2) is 0 Å². The maximum absolute atomic E-state index is 11.9. The third-order valence-electron chi connectivity index (χ3n) is 2.43. The molecule has 1 heterocycles. The first-order chi connectivity index (χ1) is 9.60. The molecule has 0 unspecified atom stereocenters. The summed E-state index contributed by atoms with van der Waals surface area (Å²) in [4.78, 5) is 23.8. The fourth-order valence-corrected chi connectivity index (χ4v) is 2.28. The summed E-state index contributed by atoms with van der Waals surface area (Å²) in [6.45, 7) is -0.137. The van der Waals surface area contributed by atoms with Crippen LogP contribution < -0.4 is 16.4 Å². The lowest BCUT2D eigenvalue weighted by atomic mass is 10.2. The van der Waals surface area contributed by atoms with Crippen LogP contribution in [0.2, 0.25) is 5.02 Å². The molecule has 0 spiro atoms. The highest BCUT2D eigenvalue weighted by atomic mass is 35.5. The van der Waals surface area contributed by atoms with Gasteiger partial charge < -0.3 is 16.4 Å². The van der Waals surface area contributed by atoms with Gasteiger partial charge in [-0.05, 0) is 29.6 Å². The van der Waals surface area contributed by atoms with Crippen LogP contribution in [-0.2, 0) is 4.79 Å². The zero-order valence-corrected chi connectivity index (χ0v) is 11.9. The summed E-state index contributed by atoms with van der Waals surface area (Å²) in [7, 11) is 0. The monoisotopic (exact) mass is 309 g/mol. The number of benzene rings is 1. The smallest absolute Gasteiger partial charge is 0.265 e. The second-order valence-corrected chi connectivity index (χ2v) is 5.23. The van der Waals surface area contributed by atoms with E-state index in [1.165, 1.54) is 11.3 Å². The topological polar surface area (TPSA) is 84.2 Å². The number of carbonyl (C=O) groups is 2. The molecule has 2 amide bonds. The summed E-state index contributed by atoms with van der Waals surface area (Å²) in [6.07, 6.45) is 0. The molecular formula is C13H12ClN3O2S. The molecule has 0 saturated carbocycles. The summed E-state index contributed by atoms with van der Waals surface area (Å²) < 4.78 is 0. The average molecular weight is 310 g/mol. The molecule has 1 aromatic heterocycles. The van der Waals surface area contributed by atoms with Crippen LogP contribution in [0.3, 0.4) is 0 Å². The first-order valence-electron chi connectivity index (χ1n) is 5.74. The number of hydrogen-bond donors (Lipinski definition) is 3. The summed E-state index contributed by atoms with van der Waals surface area (Å²) >= 11 is 7.31. The fraction of sp³-hybridized carbons (Fsp3) is 0.0769. The number of nitrogens with two attached hydrogens (primary N) is 1. The number of carbonyl (C=O) groups excluding carboxylic acids is 2. The Hall–Kier alpha value is -1.89. The normalized spacial score (nSPS) is 10.1. The molecule has 20 heavy (non-hydrogen) atoms. The lowest BCUT2D eigenvalue weighted by molar-refractivity contribution is -0.114. The minimum atomic E-state index is -0.353. The maximum atomic E-state index is 11.9. The van der Waals surface area contributed by atoms with Gasteiger partial charge in [-0.1, -0.05) is 17.7 Å². The molecule has 0 atom stereocenters. The van der Waals surface area contributed by atoms with Gasteiger partial charge >= 0.3 is 0 Å². The number of amides is 2. The van der Waals surface area contributed by atoms with Gasteiger partial charge in [-0.15, -0.1) is 11.3 Å². The molecule has 104 valence electrons. The largest absolute Gasteiger partial charge is 0.324 e. The van der Waals surface area contributed by atoms with Gasteiger partial charge in [0.15, 0.2) is 0 Å². The van der Waals surface area contributed by atoms with Crippen molar-refractivity contribution in [3.05, 3.63) is 45.6 Å². The van der Waals surface area contributed by atoms with Gasteiger partial charge in [0.05, 0.1) is 22.1 Å². The van der Waals surface area contributed by atoms with Crippen LogP contribution in [-0.4, -0.2) is 18.4 Å². The van der Waals surface area contributed by atoms with Gasteiger partial charge in [0, 0.05) is 5.69 Å². The maximum Gasteiger partial charge on any atom is 0.265 e. The van der Waals surface area contributed by atoms with Crippen molar-refractivity contribution in [3.63, 3.8) is 0 Å². The number of anilines is 2. The number of rotatable bonds is 4. The van der Waals surface area contributed by atoms with Crippen molar-refractivity contribution in [2.75, 3.05) is 17.2 Å². The van der Waals surface area contributed by atoms with E-state index < -0.39 is 0 Å². The van der Waals surface area contributed by atoms with Crippen LogP contribution >= 0.6 is 22.9 Å². The summed E-state index contributed by atoms with van der Waals surface area (Å²) in [5.41, 5.74) is 6.18. The van der Waals surface area contributed by atoms with E-state index in [0.29, 0.717) is 21.3 Å². The zero-order chi connectivity index (χ0) is 14.5. The van der Waals surface area contributed by atoms with Crippen molar-refractivity contribution in [3.8, 4) is 0 Å². The Balaban J connectivity index is 2.15. The van der Waals surface area contributed by atoms with Crippen LogP contribution in [0.15, 0.2) is 35.7 Å². The van der Waals surface area contributed by atoms with Crippen molar-refractivity contribution < 1.29 is 9.59 Å². The van der Waals surface area contributed by atoms with Crippen molar-refractivity contribution in [1.82, 2.24) is 0 Å². The predicted octanol–water partition coefficient (Wildman–Crippen LogP) is 2.55. The lowest BCUT2D eigenvalue weighted by Gasteiger charge is -2.09. The van der Waals surface area contributed by atoms with Crippen molar-refractivity contribution in [1.29, 1.82) is 0 Å². The first-order valence-corrected chi connectivity index (χ1v) is 7.00. The predicted molar refractivity (Wildman–Crippen MR) is 81.4 cm³/mol. The molecule has 0 aliphatic carbocycles. The molecule has 1 aromatic carbocycles. The third-order valence-corrected chi connectivity index (χ3v) is 3.63. The average Bonchev–Trinajstić information content (AvgIpc) is 2.96. The number of halogens is 1. The van der Waals surface area contributed by atoms with Crippen molar-refractivity contribution in [2.24, 2.45) is 5.73 Å². The van der Waals surface area contributed by atoms with E-state index in [-0.39, 0.29) is 18.4 Å². The van der Waals surface area contributed by atoms with Gasteiger partial charge in [0.25, 0.3) is 5.91 Å². The molecule has 7 heteroatoms. The van der Waals surface area contributed by atoms with E-state index >= 15 is 0 Å². The van der Waals surface area contributed by atoms with Crippen LogP contribution in [0.1, 0.15) is 9.67 Å². The SMILES string of the molecule is NCC(=O)Nc1cc(NC(=O)c2cccs2)ccc1Cl. The molecule has 0 aliphatic rings. The van der Waals surface area contributed by atoms with Crippen molar-refractivity contribution >= 4 is 46.1 Å². The van der Waals surface area contributed by atoms with Gasteiger partial charge in [0.2, 0.25) is 5.91 Å². The molecule has 0 fully saturated rings. The Kier molecular flexibility index (Phi) is 4.73. The Morgan fingerprint density at radius 3 is 2.70 bits per heavy atom. The molecule has 2 aromatic rings. The number of hydrogen-bond acceptors (Lipinski definition) is 4. The minimum Gasteiger partial charge on any atom is -0.324 e. The van der Waals surface area contributed by atoms with E-state index in [1.54, 1.807) is 30.3 Å². The van der Waals surface area contributed by atoms with Gasteiger partial charge in [-0.2, -0.15) is 0 Å². The Morgan fingerprint density at radius 1 is 1.25 bits per heavy atom. The second-order valence-electron chi connectivity index (χ2n) is 3.88.